The fraction of sp³-hybridized carbons (Fsp3) is 0.625. The number of hydrogen-bond acceptors (Lipinski definition) is 2. The van der Waals surface area contributed by atoms with Gasteiger partial charge in [0.15, 0.2) is 0 Å². The molecule has 150 valence electrons. The molecule has 3 aliphatic carbocycles. The van der Waals surface area contributed by atoms with Gasteiger partial charge >= 0.3 is 0 Å². The first-order valence-corrected chi connectivity index (χ1v) is 10.8. The molecule has 4 heteroatoms. The summed E-state index contributed by atoms with van der Waals surface area (Å²) in [4.78, 5) is 17.4. The van der Waals surface area contributed by atoms with Gasteiger partial charge in [-0.25, -0.2) is 0 Å². The molecule has 1 aromatic rings. The highest BCUT2D eigenvalue weighted by Crippen LogP contribution is 2.64. The molecule has 4 aliphatic rings. The summed E-state index contributed by atoms with van der Waals surface area (Å²) in [6, 6.07) is 4.39. The second-order valence-electron chi connectivity index (χ2n) is 10.1. The molecule has 4 nitrogen and oxygen atoms in total. The predicted octanol–water partition coefficient (Wildman–Crippen LogP) is 4.01. The maximum atomic E-state index is 12.2. The van der Waals surface area contributed by atoms with Crippen LogP contribution in [0.15, 0.2) is 36.1 Å². The van der Waals surface area contributed by atoms with Crippen LogP contribution in [0.1, 0.15) is 51.6 Å². The average molecular weight is 381 g/mol. The molecule has 0 spiro atoms. The Morgan fingerprint density at radius 2 is 2.07 bits per heavy atom. The molecular weight excluding hydrogens is 348 g/mol. The number of H-pyrrole nitrogens is 1. The maximum absolute atomic E-state index is 12.2. The molecular formula is C24H32N2O2. The number of aromatic nitrogens is 1. The van der Waals surface area contributed by atoms with Gasteiger partial charge in [0, 0.05) is 35.8 Å². The molecule has 1 aliphatic heterocycles. The Labute approximate surface area is 167 Å². The van der Waals surface area contributed by atoms with Crippen molar-refractivity contribution in [3.8, 4) is 0 Å². The van der Waals surface area contributed by atoms with Crippen molar-refractivity contribution < 1.29 is 9.90 Å². The van der Waals surface area contributed by atoms with Crippen LogP contribution in [-0.2, 0) is 4.79 Å². The van der Waals surface area contributed by atoms with Crippen LogP contribution in [0.25, 0.3) is 6.08 Å². The number of carbonyl (C=O) groups is 1. The molecule has 1 amide bonds. The Morgan fingerprint density at radius 3 is 2.82 bits per heavy atom. The number of rotatable bonds is 1. The van der Waals surface area contributed by atoms with Crippen molar-refractivity contribution >= 4 is 12.0 Å². The number of nitrogens with one attached hydrogen (secondary N) is 1. The Morgan fingerprint density at radius 1 is 1.25 bits per heavy atom. The van der Waals surface area contributed by atoms with Crippen LogP contribution < -0.4 is 0 Å². The van der Waals surface area contributed by atoms with Crippen LogP contribution in [-0.4, -0.2) is 40.1 Å². The Balaban J connectivity index is 1.49. The van der Waals surface area contributed by atoms with E-state index in [1.165, 1.54) is 12.0 Å². The molecule has 0 radical (unpaired) electrons. The maximum Gasteiger partial charge on any atom is 0.246 e. The second-order valence-corrected chi connectivity index (χ2v) is 10.1. The zero-order valence-corrected chi connectivity index (χ0v) is 17.2. The fourth-order valence-corrected chi connectivity index (χ4v) is 7.37. The first-order chi connectivity index (χ1) is 13.3. The van der Waals surface area contributed by atoms with Gasteiger partial charge in [0.2, 0.25) is 5.91 Å². The van der Waals surface area contributed by atoms with E-state index < -0.39 is 0 Å². The molecule has 0 unspecified atom stereocenters. The summed E-state index contributed by atoms with van der Waals surface area (Å²) < 4.78 is 0. The highest BCUT2D eigenvalue weighted by molar-refractivity contribution is 5.89. The summed E-state index contributed by atoms with van der Waals surface area (Å²) in [6.45, 7) is 4.69. The summed E-state index contributed by atoms with van der Waals surface area (Å²) in [5, 5.41) is 11.3. The van der Waals surface area contributed by atoms with Crippen molar-refractivity contribution in [3.05, 3.63) is 41.7 Å². The van der Waals surface area contributed by atoms with Crippen molar-refractivity contribution in [2.45, 2.75) is 58.1 Å². The summed E-state index contributed by atoms with van der Waals surface area (Å²) in [7, 11) is 1.97. The van der Waals surface area contributed by atoms with Gasteiger partial charge in [-0.3, -0.25) is 4.79 Å². The van der Waals surface area contributed by atoms with Crippen LogP contribution in [0.3, 0.4) is 0 Å². The van der Waals surface area contributed by atoms with E-state index >= 15 is 0 Å². The van der Waals surface area contributed by atoms with Gasteiger partial charge < -0.3 is 15.0 Å². The molecule has 7 atom stereocenters. The van der Waals surface area contributed by atoms with Gasteiger partial charge in [-0.1, -0.05) is 19.9 Å². The van der Waals surface area contributed by atoms with Crippen molar-refractivity contribution in [2.75, 3.05) is 7.05 Å². The van der Waals surface area contributed by atoms with Crippen LogP contribution in [0.5, 0.6) is 0 Å². The monoisotopic (exact) mass is 380 g/mol. The molecule has 0 saturated heterocycles. The van der Waals surface area contributed by atoms with Gasteiger partial charge in [-0.05, 0) is 79.7 Å². The molecule has 0 bridgehead atoms. The lowest BCUT2D eigenvalue weighted by Crippen LogP contribution is -2.59. The van der Waals surface area contributed by atoms with Crippen LogP contribution >= 0.6 is 0 Å². The zero-order valence-electron chi connectivity index (χ0n) is 17.2. The van der Waals surface area contributed by atoms with Crippen molar-refractivity contribution in [1.29, 1.82) is 0 Å². The molecule has 2 heterocycles. The summed E-state index contributed by atoms with van der Waals surface area (Å²) in [6.07, 6.45) is 13.2. The second kappa shape index (κ2) is 6.09. The summed E-state index contributed by atoms with van der Waals surface area (Å²) >= 11 is 0. The van der Waals surface area contributed by atoms with E-state index in [1.54, 1.807) is 6.08 Å². The Bertz CT molecular complexity index is 841. The van der Waals surface area contributed by atoms with E-state index in [0.29, 0.717) is 23.8 Å². The van der Waals surface area contributed by atoms with Gasteiger partial charge in [0.05, 0.1) is 6.10 Å². The molecule has 5 rings (SSSR count). The number of amides is 1. The van der Waals surface area contributed by atoms with Gasteiger partial charge in [-0.2, -0.15) is 0 Å². The van der Waals surface area contributed by atoms with Gasteiger partial charge in [0.25, 0.3) is 0 Å². The molecule has 3 fully saturated rings. The Hall–Kier alpha value is -1.81. The number of aliphatic hydroxyl groups excluding tert-OH is 1. The van der Waals surface area contributed by atoms with Crippen molar-refractivity contribution in [2.24, 2.45) is 28.6 Å². The quantitative estimate of drug-likeness (QED) is 0.773. The van der Waals surface area contributed by atoms with E-state index in [4.69, 9.17) is 0 Å². The fourth-order valence-electron chi connectivity index (χ4n) is 7.37. The predicted molar refractivity (Wildman–Crippen MR) is 110 cm³/mol. The van der Waals surface area contributed by atoms with E-state index in [9.17, 15) is 9.90 Å². The first kappa shape index (κ1) is 18.2. The number of aliphatic hydroxyl groups is 1. The molecule has 3 saturated carbocycles. The van der Waals surface area contributed by atoms with Gasteiger partial charge in [-0.15, -0.1) is 0 Å². The molecule has 0 aromatic carbocycles. The minimum atomic E-state index is -0.349. The smallest absolute Gasteiger partial charge is 0.246 e. The summed E-state index contributed by atoms with van der Waals surface area (Å²) in [5.41, 5.74) is 2.31. The van der Waals surface area contributed by atoms with Crippen LogP contribution in [0.4, 0.5) is 0 Å². The van der Waals surface area contributed by atoms with Crippen LogP contribution in [0.2, 0.25) is 0 Å². The Kier molecular flexibility index (Phi) is 3.97. The number of aromatic amines is 1. The van der Waals surface area contributed by atoms with Crippen molar-refractivity contribution in [3.63, 3.8) is 0 Å². The minimum absolute atomic E-state index is 0.0249. The number of likely N-dealkylation sites (N-methyl/N-ethyl adjacent to an activating group) is 1. The lowest BCUT2D eigenvalue weighted by atomic mass is 9.48. The topological polar surface area (TPSA) is 56.3 Å². The highest BCUT2D eigenvalue weighted by Gasteiger charge is 2.61. The normalized spacial score (nSPS) is 46.4. The SMILES string of the molecule is CN1C(=O)C=C[C@]2(C)[C@H]3CC[C@]4(C)[C@@H](O)C(=Cc5ccc[nH]5)C[C@H]4[C@@H]3CC[C@@H]12. The van der Waals surface area contributed by atoms with E-state index in [1.807, 2.05) is 24.2 Å². The standard InChI is InChI=1S/C24H32N2O2/c1-23-11-9-21(27)26(3)20(23)7-6-17-18(23)8-10-24(2)19(17)14-15(22(24)28)13-16-5-4-12-25-16/h4-5,9,11-13,17-20,22,25,28H,6-8,10,14H2,1-3H3/t17-,18+,19+,20-,22+,23-,24+/m1/s1. The lowest BCUT2D eigenvalue weighted by molar-refractivity contribution is -0.140. The average Bonchev–Trinajstić information content (AvgIpc) is 3.27. The largest absolute Gasteiger partial charge is 0.388 e. The molecule has 28 heavy (non-hydrogen) atoms. The third-order valence-corrected chi connectivity index (χ3v) is 8.96. The number of hydrogen-bond donors (Lipinski definition) is 2. The number of carbonyl (C=O) groups excluding carboxylic acids is 1. The third-order valence-electron chi connectivity index (χ3n) is 8.96. The molecule has 2 N–H and O–H groups in total. The zero-order chi connectivity index (χ0) is 19.7. The first-order valence-electron chi connectivity index (χ1n) is 10.8. The lowest BCUT2D eigenvalue weighted by Gasteiger charge is -2.59. The van der Waals surface area contributed by atoms with E-state index in [-0.39, 0.29) is 22.8 Å². The highest BCUT2D eigenvalue weighted by atomic mass is 16.3. The number of fused-ring (bicyclic) bond motifs is 5. The van der Waals surface area contributed by atoms with Gasteiger partial charge in [0.1, 0.15) is 0 Å². The van der Waals surface area contributed by atoms with E-state index in [0.717, 1.165) is 31.4 Å². The third kappa shape index (κ3) is 2.36. The van der Waals surface area contributed by atoms with E-state index in [2.05, 4.69) is 37.0 Å². The van der Waals surface area contributed by atoms with Crippen molar-refractivity contribution in [1.82, 2.24) is 9.88 Å². The molecule has 1 aromatic heterocycles. The van der Waals surface area contributed by atoms with Crippen LogP contribution in [0, 0.1) is 28.6 Å². The summed E-state index contributed by atoms with van der Waals surface area (Å²) in [5.74, 6) is 1.88. The minimum Gasteiger partial charge on any atom is -0.388 e. The number of nitrogens with zero attached hydrogens (tertiary/aromatic N) is 1.